The molecule has 2 unspecified atom stereocenters. The molecule has 6 heteroatoms. The first kappa shape index (κ1) is 24.0. The largest absolute Gasteiger partial charge is 0.494 e. The Morgan fingerprint density at radius 2 is 2.03 bits per heavy atom. The van der Waals surface area contributed by atoms with Crippen LogP contribution >= 0.6 is 12.4 Å². The maximum absolute atomic E-state index is 12.7. The highest BCUT2D eigenvalue weighted by molar-refractivity contribution is 5.85. The van der Waals surface area contributed by atoms with E-state index in [0.717, 1.165) is 44.9 Å². The van der Waals surface area contributed by atoms with Crippen LogP contribution in [0.1, 0.15) is 51.5 Å². The Bertz CT molecular complexity index is 611. The van der Waals surface area contributed by atoms with E-state index in [9.17, 15) is 4.79 Å². The van der Waals surface area contributed by atoms with Crippen LogP contribution in [0.15, 0.2) is 24.3 Å². The Balaban J connectivity index is 0.00000300. The molecule has 2 aliphatic rings. The molecule has 1 aromatic carbocycles. The summed E-state index contributed by atoms with van der Waals surface area (Å²) in [5, 5.41) is 6.71. The fraction of sp³-hybridized carbons (Fsp3) is 0.696. The molecule has 1 aromatic rings. The first-order chi connectivity index (χ1) is 13.6. The second-order valence-electron chi connectivity index (χ2n) is 8.41. The molecule has 2 N–H and O–H groups in total. The molecule has 0 aliphatic carbocycles. The van der Waals surface area contributed by atoms with Gasteiger partial charge in [-0.15, -0.1) is 12.4 Å². The fourth-order valence-electron chi connectivity index (χ4n) is 4.56. The average molecular weight is 425 g/mol. The number of hydrogen-bond acceptors (Lipinski definition) is 4. The number of rotatable bonds is 8. The van der Waals surface area contributed by atoms with Crippen LogP contribution in [0.25, 0.3) is 0 Å². The van der Waals surface area contributed by atoms with E-state index in [1.807, 2.05) is 19.1 Å². The molecule has 0 bridgehead atoms. The van der Waals surface area contributed by atoms with Crippen LogP contribution in [0, 0.1) is 11.8 Å². The van der Waals surface area contributed by atoms with E-state index in [1.165, 1.54) is 18.4 Å². The SMILES string of the molecule is CCOc1ccc(C2(CNC(=O)CC(C)C3CCCNC3)CCOCC2)cc1.Cl. The number of piperidine rings is 1. The summed E-state index contributed by atoms with van der Waals surface area (Å²) < 4.78 is 11.2. The van der Waals surface area contributed by atoms with Crippen molar-refractivity contribution in [2.24, 2.45) is 11.8 Å². The molecule has 164 valence electrons. The number of hydrogen-bond donors (Lipinski definition) is 2. The number of halogens is 1. The molecule has 5 nitrogen and oxygen atoms in total. The summed E-state index contributed by atoms with van der Waals surface area (Å²) in [5.41, 5.74) is 1.22. The Labute approximate surface area is 181 Å². The molecule has 2 fully saturated rings. The molecule has 29 heavy (non-hydrogen) atoms. The van der Waals surface area contributed by atoms with E-state index in [-0.39, 0.29) is 23.7 Å². The fourth-order valence-corrected chi connectivity index (χ4v) is 4.56. The number of benzene rings is 1. The van der Waals surface area contributed by atoms with Crippen LogP contribution in [0.5, 0.6) is 5.75 Å². The van der Waals surface area contributed by atoms with Crippen LogP contribution in [-0.4, -0.2) is 45.4 Å². The molecular formula is C23H37ClN2O3. The highest BCUT2D eigenvalue weighted by atomic mass is 35.5. The number of nitrogens with one attached hydrogen (secondary N) is 2. The summed E-state index contributed by atoms with van der Waals surface area (Å²) in [6.45, 7) is 9.20. The van der Waals surface area contributed by atoms with Gasteiger partial charge in [0.1, 0.15) is 5.75 Å². The van der Waals surface area contributed by atoms with Crippen LogP contribution in [0.4, 0.5) is 0 Å². The number of carbonyl (C=O) groups excluding carboxylic acids is 1. The number of amides is 1. The minimum absolute atomic E-state index is 0. The molecule has 3 rings (SSSR count). The van der Waals surface area contributed by atoms with Crippen molar-refractivity contribution in [3.05, 3.63) is 29.8 Å². The number of carbonyl (C=O) groups is 1. The normalized spacial score (nSPS) is 22.2. The van der Waals surface area contributed by atoms with Crippen molar-refractivity contribution in [3.8, 4) is 5.75 Å². The van der Waals surface area contributed by atoms with Crippen molar-refractivity contribution in [2.45, 2.75) is 51.4 Å². The summed E-state index contributed by atoms with van der Waals surface area (Å²) >= 11 is 0. The van der Waals surface area contributed by atoms with Gasteiger partial charge in [0.25, 0.3) is 0 Å². The Morgan fingerprint density at radius 1 is 1.31 bits per heavy atom. The predicted molar refractivity (Wildman–Crippen MR) is 119 cm³/mol. The Morgan fingerprint density at radius 3 is 2.66 bits per heavy atom. The van der Waals surface area contributed by atoms with E-state index in [2.05, 4.69) is 29.7 Å². The van der Waals surface area contributed by atoms with Crippen LogP contribution in [0.2, 0.25) is 0 Å². The zero-order valence-electron chi connectivity index (χ0n) is 17.9. The standard InChI is InChI=1S/C23H36N2O3.ClH/c1-3-28-21-8-6-20(7-9-21)23(10-13-27-14-11-23)17-25-22(26)15-18(2)19-5-4-12-24-16-19;/h6-9,18-19,24H,3-5,10-17H2,1-2H3,(H,25,26);1H. The Hall–Kier alpha value is -1.30. The molecule has 2 saturated heterocycles. The molecule has 0 aromatic heterocycles. The van der Waals surface area contributed by atoms with Crippen molar-refractivity contribution in [3.63, 3.8) is 0 Å². The third kappa shape index (κ3) is 6.59. The predicted octanol–water partition coefficient (Wildman–Crippen LogP) is 3.70. The quantitative estimate of drug-likeness (QED) is 0.668. The molecule has 0 spiro atoms. The minimum Gasteiger partial charge on any atom is -0.494 e. The molecular weight excluding hydrogens is 388 g/mol. The molecule has 2 atom stereocenters. The van der Waals surface area contributed by atoms with Gasteiger partial charge < -0.3 is 20.1 Å². The van der Waals surface area contributed by atoms with E-state index < -0.39 is 0 Å². The zero-order chi connectivity index (χ0) is 19.8. The smallest absolute Gasteiger partial charge is 0.220 e. The molecule has 0 radical (unpaired) electrons. The lowest BCUT2D eigenvalue weighted by molar-refractivity contribution is -0.122. The van der Waals surface area contributed by atoms with Crippen LogP contribution < -0.4 is 15.4 Å². The highest BCUT2D eigenvalue weighted by Gasteiger charge is 2.35. The van der Waals surface area contributed by atoms with Gasteiger partial charge >= 0.3 is 0 Å². The van der Waals surface area contributed by atoms with Gasteiger partial charge in [-0.1, -0.05) is 19.1 Å². The van der Waals surface area contributed by atoms with Gasteiger partial charge in [-0.2, -0.15) is 0 Å². The molecule has 0 saturated carbocycles. The van der Waals surface area contributed by atoms with Gasteiger partial charge in [0.2, 0.25) is 5.91 Å². The molecule has 1 amide bonds. The topological polar surface area (TPSA) is 59.6 Å². The maximum Gasteiger partial charge on any atom is 0.220 e. The zero-order valence-corrected chi connectivity index (χ0v) is 18.7. The average Bonchev–Trinajstić information content (AvgIpc) is 2.74. The lowest BCUT2D eigenvalue weighted by atomic mass is 9.74. The second kappa shape index (κ2) is 11.8. The Kier molecular flexibility index (Phi) is 9.73. The van der Waals surface area contributed by atoms with Crippen molar-refractivity contribution < 1.29 is 14.3 Å². The van der Waals surface area contributed by atoms with Gasteiger partial charge in [0.05, 0.1) is 6.61 Å². The van der Waals surface area contributed by atoms with Crippen molar-refractivity contribution in [1.82, 2.24) is 10.6 Å². The lowest BCUT2D eigenvalue weighted by Crippen LogP contribution is -2.45. The van der Waals surface area contributed by atoms with E-state index >= 15 is 0 Å². The highest BCUT2D eigenvalue weighted by Crippen LogP contribution is 2.35. The van der Waals surface area contributed by atoms with Crippen LogP contribution in [-0.2, 0) is 14.9 Å². The van der Waals surface area contributed by atoms with Gasteiger partial charge in [-0.3, -0.25) is 4.79 Å². The van der Waals surface area contributed by atoms with Gasteiger partial charge in [0.15, 0.2) is 0 Å². The summed E-state index contributed by atoms with van der Waals surface area (Å²) in [6, 6.07) is 8.38. The van der Waals surface area contributed by atoms with Crippen molar-refractivity contribution in [1.29, 1.82) is 0 Å². The summed E-state index contributed by atoms with van der Waals surface area (Å²) in [7, 11) is 0. The van der Waals surface area contributed by atoms with E-state index in [1.54, 1.807) is 0 Å². The van der Waals surface area contributed by atoms with Crippen molar-refractivity contribution in [2.75, 3.05) is 39.5 Å². The molecule has 2 heterocycles. The first-order valence-electron chi connectivity index (χ1n) is 10.9. The third-order valence-corrected chi connectivity index (χ3v) is 6.50. The van der Waals surface area contributed by atoms with E-state index in [0.29, 0.717) is 31.4 Å². The minimum atomic E-state index is -0.0473. The maximum atomic E-state index is 12.7. The first-order valence-corrected chi connectivity index (χ1v) is 10.9. The van der Waals surface area contributed by atoms with Gasteiger partial charge in [0, 0.05) is 31.6 Å². The van der Waals surface area contributed by atoms with Crippen molar-refractivity contribution >= 4 is 18.3 Å². The lowest BCUT2D eigenvalue weighted by Gasteiger charge is -2.38. The monoisotopic (exact) mass is 424 g/mol. The second-order valence-corrected chi connectivity index (χ2v) is 8.41. The molecule has 2 aliphatic heterocycles. The van der Waals surface area contributed by atoms with E-state index in [4.69, 9.17) is 9.47 Å². The van der Waals surface area contributed by atoms with Gasteiger partial charge in [-0.25, -0.2) is 0 Å². The van der Waals surface area contributed by atoms with Crippen LogP contribution in [0.3, 0.4) is 0 Å². The summed E-state index contributed by atoms with van der Waals surface area (Å²) in [4.78, 5) is 12.7. The summed E-state index contributed by atoms with van der Waals surface area (Å²) in [5.74, 6) is 2.11. The van der Waals surface area contributed by atoms with Gasteiger partial charge in [-0.05, 0) is 75.2 Å². The number of ether oxygens (including phenoxy) is 2. The third-order valence-electron chi connectivity index (χ3n) is 6.50. The summed E-state index contributed by atoms with van der Waals surface area (Å²) in [6.07, 6.45) is 4.93.